The van der Waals surface area contributed by atoms with E-state index in [1.54, 1.807) is 0 Å². The Labute approximate surface area is 411 Å². The number of rotatable bonds is 55. The zero-order valence-corrected chi connectivity index (χ0v) is 44.7. The Bertz CT molecular complexity index is 1020. The van der Waals surface area contributed by atoms with Crippen molar-refractivity contribution in [3.63, 3.8) is 0 Å². The fourth-order valence-corrected chi connectivity index (χ4v) is 9.03. The first-order chi connectivity index (χ1) is 32.5. The van der Waals surface area contributed by atoms with Crippen LogP contribution in [0.2, 0.25) is 0 Å². The van der Waals surface area contributed by atoms with Crippen LogP contribution in [0.4, 0.5) is 0 Å². The molecule has 0 aliphatic heterocycles. The predicted octanol–water partition coefficient (Wildman–Crippen LogP) is 19.7. The average molecular weight is 932 g/mol. The standard InChI is InChI=1S/C60H114O6/c1-4-7-10-13-15-17-19-21-23-25-27-28-29-30-31-32-33-35-36-38-40-42-44-47-50-53-59(62)65-56-57(55-64-58(61)52-49-46-12-9-6-3)66-60(63)54-51-48-45-43-41-39-37-34-26-24-22-20-18-16-14-11-8-5-2/h24,26,57H,4-23,25,27-56H2,1-3H3/b26-24-. The number of hydrogen-bond donors (Lipinski definition) is 0. The summed E-state index contributed by atoms with van der Waals surface area (Å²) in [6.45, 7) is 6.61. The van der Waals surface area contributed by atoms with Gasteiger partial charge < -0.3 is 14.2 Å². The van der Waals surface area contributed by atoms with Crippen molar-refractivity contribution in [3.8, 4) is 0 Å². The van der Waals surface area contributed by atoms with E-state index in [-0.39, 0.29) is 31.1 Å². The highest BCUT2D eigenvalue weighted by atomic mass is 16.6. The second-order valence-electron chi connectivity index (χ2n) is 20.3. The van der Waals surface area contributed by atoms with Crippen LogP contribution < -0.4 is 0 Å². The Kier molecular flexibility index (Phi) is 54.2. The lowest BCUT2D eigenvalue weighted by atomic mass is 10.0. The van der Waals surface area contributed by atoms with Gasteiger partial charge in [0.25, 0.3) is 0 Å². The molecule has 0 heterocycles. The van der Waals surface area contributed by atoms with Gasteiger partial charge in [-0.15, -0.1) is 0 Å². The molecule has 0 aromatic heterocycles. The summed E-state index contributed by atoms with van der Waals surface area (Å²) >= 11 is 0. The van der Waals surface area contributed by atoms with Gasteiger partial charge in [0.05, 0.1) is 0 Å². The number of allylic oxidation sites excluding steroid dienone is 2. The van der Waals surface area contributed by atoms with Gasteiger partial charge in [-0.3, -0.25) is 14.4 Å². The molecule has 0 saturated heterocycles. The number of hydrogen-bond acceptors (Lipinski definition) is 6. The molecule has 0 fully saturated rings. The minimum Gasteiger partial charge on any atom is -0.462 e. The summed E-state index contributed by atoms with van der Waals surface area (Å²) in [5.41, 5.74) is 0. The fourth-order valence-electron chi connectivity index (χ4n) is 9.03. The van der Waals surface area contributed by atoms with Crippen LogP contribution in [0.5, 0.6) is 0 Å². The monoisotopic (exact) mass is 931 g/mol. The first kappa shape index (κ1) is 64.2. The SMILES string of the molecule is CCCCCCCCC/C=C\CCCCCCCCCC(=O)OC(COC(=O)CCCCCCC)COC(=O)CCCCCCCCCCCCCCCCCCCCCCCCCCC. The second-order valence-corrected chi connectivity index (χ2v) is 20.3. The molecule has 0 aromatic rings. The molecule has 66 heavy (non-hydrogen) atoms. The molecule has 0 spiro atoms. The van der Waals surface area contributed by atoms with Crippen molar-refractivity contribution in [1.29, 1.82) is 0 Å². The maximum Gasteiger partial charge on any atom is 0.306 e. The summed E-state index contributed by atoms with van der Waals surface area (Å²) in [5.74, 6) is -0.865. The molecular formula is C60H114O6. The fraction of sp³-hybridized carbons (Fsp3) is 0.917. The molecule has 0 aromatic carbocycles. The van der Waals surface area contributed by atoms with E-state index >= 15 is 0 Å². The van der Waals surface area contributed by atoms with Gasteiger partial charge in [0.1, 0.15) is 13.2 Å². The third-order valence-electron chi connectivity index (χ3n) is 13.5. The lowest BCUT2D eigenvalue weighted by Crippen LogP contribution is -2.30. The second kappa shape index (κ2) is 55.7. The summed E-state index contributed by atoms with van der Waals surface area (Å²) in [4.78, 5) is 37.8. The minimum absolute atomic E-state index is 0.0674. The largest absolute Gasteiger partial charge is 0.462 e. The Balaban J connectivity index is 4.00. The average Bonchev–Trinajstić information content (AvgIpc) is 3.31. The summed E-state index contributed by atoms with van der Waals surface area (Å²) in [6, 6.07) is 0. The van der Waals surface area contributed by atoms with Crippen molar-refractivity contribution in [2.24, 2.45) is 0 Å². The highest BCUT2D eigenvalue weighted by Gasteiger charge is 2.19. The van der Waals surface area contributed by atoms with Crippen LogP contribution >= 0.6 is 0 Å². The van der Waals surface area contributed by atoms with Crippen molar-refractivity contribution in [2.45, 2.75) is 341 Å². The van der Waals surface area contributed by atoms with Gasteiger partial charge in [0.15, 0.2) is 6.10 Å². The minimum atomic E-state index is -0.765. The van der Waals surface area contributed by atoms with E-state index in [0.29, 0.717) is 19.3 Å². The first-order valence-corrected chi connectivity index (χ1v) is 29.7. The van der Waals surface area contributed by atoms with Crippen molar-refractivity contribution in [3.05, 3.63) is 12.2 Å². The quantitative estimate of drug-likeness (QED) is 0.0262. The molecule has 0 aliphatic carbocycles. The predicted molar refractivity (Wildman–Crippen MR) is 284 cm³/mol. The number of carbonyl (C=O) groups excluding carboxylic acids is 3. The smallest absolute Gasteiger partial charge is 0.306 e. The molecule has 6 nitrogen and oxygen atoms in total. The van der Waals surface area contributed by atoms with Gasteiger partial charge in [-0.2, -0.15) is 0 Å². The van der Waals surface area contributed by atoms with E-state index in [1.807, 2.05) is 0 Å². The number of ether oxygens (including phenoxy) is 3. The number of unbranched alkanes of at least 4 members (excludes halogenated alkanes) is 42. The van der Waals surface area contributed by atoms with Crippen LogP contribution in [-0.2, 0) is 28.6 Å². The lowest BCUT2D eigenvalue weighted by Gasteiger charge is -2.18. The molecule has 0 aliphatic rings. The van der Waals surface area contributed by atoms with E-state index < -0.39 is 6.10 Å². The molecule has 0 rings (SSSR count). The van der Waals surface area contributed by atoms with Crippen LogP contribution in [0, 0.1) is 0 Å². The van der Waals surface area contributed by atoms with E-state index in [4.69, 9.17) is 14.2 Å². The Morgan fingerprint density at radius 1 is 0.288 bits per heavy atom. The molecule has 0 radical (unpaired) electrons. The third kappa shape index (κ3) is 53.1. The van der Waals surface area contributed by atoms with Crippen LogP contribution in [-0.4, -0.2) is 37.2 Å². The van der Waals surface area contributed by atoms with Crippen LogP contribution in [0.3, 0.4) is 0 Å². The summed E-state index contributed by atoms with van der Waals surface area (Å²) in [5, 5.41) is 0. The van der Waals surface area contributed by atoms with Crippen LogP contribution in [0.25, 0.3) is 0 Å². The van der Waals surface area contributed by atoms with E-state index in [0.717, 1.165) is 64.2 Å². The maximum atomic E-state index is 12.8. The molecule has 1 atom stereocenters. The highest BCUT2D eigenvalue weighted by molar-refractivity contribution is 5.71. The molecule has 0 N–H and O–H groups in total. The topological polar surface area (TPSA) is 78.9 Å². The third-order valence-corrected chi connectivity index (χ3v) is 13.5. The van der Waals surface area contributed by atoms with Crippen molar-refractivity contribution >= 4 is 17.9 Å². The van der Waals surface area contributed by atoms with Crippen LogP contribution in [0.15, 0.2) is 12.2 Å². The summed E-state index contributed by atoms with van der Waals surface area (Å²) < 4.78 is 16.7. The Morgan fingerprint density at radius 3 is 0.758 bits per heavy atom. The first-order valence-electron chi connectivity index (χ1n) is 29.7. The molecule has 0 bridgehead atoms. The van der Waals surface area contributed by atoms with Gasteiger partial charge >= 0.3 is 17.9 Å². The Morgan fingerprint density at radius 2 is 0.500 bits per heavy atom. The molecule has 390 valence electrons. The van der Waals surface area contributed by atoms with Crippen LogP contribution in [0.1, 0.15) is 335 Å². The van der Waals surface area contributed by atoms with E-state index in [9.17, 15) is 14.4 Å². The molecule has 0 saturated carbocycles. The van der Waals surface area contributed by atoms with Gasteiger partial charge in [0.2, 0.25) is 0 Å². The molecule has 6 heteroatoms. The van der Waals surface area contributed by atoms with E-state index in [1.165, 1.54) is 231 Å². The van der Waals surface area contributed by atoms with E-state index in [2.05, 4.69) is 32.9 Å². The van der Waals surface area contributed by atoms with Crippen molar-refractivity contribution in [1.82, 2.24) is 0 Å². The zero-order valence-electron chi connectivity index (χ0n) is 44.7. The highest BCUT2D eigenvalue weighted by Crippen LogP contribution is 2.18. The molecule has 0 amide bonds. The van der Waals surface area contributed by atoms with Gasteiger partial charge in [-0.25, -0.2) is 0 Å². The molecule has 1 unspecified atom stereocenters. The van der Waals surface area contributed by atoms with Gasteiger partial charge in [-0.05, 0) is 44.9 Å². The zero-order chi connectivity index (χ0) is 47.9. The van der Waals surface area contributed by atoms with Crippen molar-refractivity contribution < 1.29 is 28.6 Å². The normalized spacial score (nSPS) is 12.0. The van der Waals surface area contributed by atoms with Gasteiger partial charge in [-0.1, -0.05) is 283 Å². The lowest BCUT2D eigenvalue weighted by molar-refractivity contribution is -0.167. The van der Waals surface area contributed by atoms with Gasteiger partial charge in [0, 0.05) is 19.3 Å². The number of carbonyl (C=O) groups is 3. The Hall–Kier alpha value is -1.85. The number of esters is 3. The van der Waals surface area contributed by atoms with Crippen molar-refractivity contribution in [2.75, 3.05) is 13.2 Å². The summed E-state index contributed by atoms with van der Waals surface area (Å²) in [6.07, 6.45) is 64.1. The summed E-state index contributed by atoms with van der Waals surface area (Å²) in [7, 11) is 0. The molecular weight excluding hydrogens is 817 g/mol. The maximum absolute atomic E-state index is 12.8.